The molecule has 1 amide bonds. The zero-order chi connectivity index (χ0) is 16.8. The van der Waals surface area contributed by atoms with Crippen LogP contribution in [0.2, 0.25) is 0 Å². The van der Waals surface area contributed by atoms with Gasteiger partial charge < -0.3 is 9.64 Å². The molecule has 0 aliphatic rings. The third-order valence-electron chi connectivity index (χ3n) is 3.48. The van der Waals surface area contributed by atoms with E-state index in [0.717, 1.165) is 0 Å². The van der Waals surface area contributed by atoms with E-state index in [1.165, 1.54) is 6.07 Å². The number of ether oxygens (including phenoxy) is 1. The van der Waals surface area contributed by atoms with Crippen LogP contribution < -0.4 is 4.74 Å². The predicted octanol–water partition coefficient (Wildman–Crippen LogP) is 3.27. The fourth-order valence-electron chi connectivity index (χ4n) is 2.05. The minimum Gasteiger partial charge on any atom is -0.489 e. The molecule has 0 N–H and O–H groups in total. The quantitative estimate of drug-likeness (QED) is 0.606. The molecule has 6 heteroatoms. The van der Waals surface area contributed by atoms with Crippen LogP contribution >= 0.6 is 0 Å². The predicted molar refractivity (Wildman–Crippen MR) is 86.5 cm³/mol. The van der Waals surface area contributed by atoms with Crippen LogP contribution in [-0.2, 0) is 6.61 Å². The third kappa shape index (κ3) is 4.06. The molecule has 0 unspecified atom stereocenters. The summed E-state index contributed by atoms with van der Waals surface area (Å²) >= 11 is 0. The molecule has 6 nitrogen and oxygen atoms in total. The Kier molecular flexibility index (Phi) is 5.30. The lowest BCUT2D eigenvalue weighted by molar-refractivity contribution is -0.385. The Morgan fingerprint density at radius 3 is 2.65 bits per heavy atom. The summed E-state index contributed by atoms with van der Waals surface area (Å²) in [6.45, 7) is 2.57. The number of carbonyl (C=O) groups excluding carboxylic acids is 1. The van der Waals surface area contributed by atoms with Crippen LogP contribution in [0.15, 0.2) is 48.5 Å². The molecule has 120 valence electrons. The molecule has 0 fully saturated rings. The number of nitrogens with zero attached hydrogens (tertiary/aromatic N) is 2. The first kappa shape index (κ1) is 16.5. The minimum absolute atomic E-state index is 0.0189. The van der Waals surface area contributed by atoms with Gasteiger partial charge >= 0.3 is 0 Å². The highest BCUT2D eigenvalue weighted by Crippen LogP contribution is 2.21. The van der Waals surface area contributed by atoms with Gasteiger partial charge in [-0.15, -0.1) is 0 Å². The Morgan fingerprint density at radius 1 is 1.22 bits per heavy atom. The number of benzene rings is 2. The third-order valence-corrected chi connectivity index (χ3v) is 3.48. The van der Waals surface area contributed by atoms with Crippen LogP contribution in [0.1, 0.15) is 22.8 Å². The van der Waals surface area contributed by atoms with Gasteiger partial charge in [0, 0.05) is 25.2 Å². The van der Waals surface area contributed by atoms with Crippen LogP contribution in [0.4, 0.5) is 5.69 Å². The molecule has 0 bridgehead atoms. The Balaban J connectivity index is 2.13. The number of hydrogen-bond acceptors (Lipinski definition) is 4. The van der Waals surface area contributed by atoms with Crippen LogP contribution in [0.25, 0.3) is 0 Å². The average molecular weight is 314 g/mol. The number of nitro benzene ring substituents is 1. The molecule has 0 heterocycles. The van der Waals surface area contributed by atoms with Crippen LogP contribution in [0.5, 0.6) is 5.75 Å². The Hall–Kier alpha value is -2.89. The first-order valence-electron chi connectivity index (χ1n) is 7.23. The number of para-hydroxylation sites is 1. The van der Waals surface area contributed by atoms with E-state index < -0.39 is 4.92 Å². The van der Waals surface area contributed by atoms with Gasteiger partial charge in [0.1, 0.15) is 12.4 Å². The van der Waals surface area contributed by atoms with E-state index in [4.69, 9.17) is 4.74 Å². The largest absolute Gasteiger partial charge is 0.489 e. The fourth-order valence-corrected chi connectivity index (χ4v) is 2.05. The van der Waals surface area contributed by atoms with Gasteiger partial charge in [0.05, 0.1) is 10.5 Å². The number of rotatable bonds is 6. The van der Waals surface area contributed by atoms with Crippen molar-refractivity contribution in [3.05, 3.63) is 69.8 Å². The minimum atomic E-state index is -0.436. The Morgan fingerprint density at radius 2 is 1.96 bits per heavy atom. The maximum absolute atomic E-state index is 12.1. The molecule has 0 radical (unpaired) electrons. The molecule has 23 heavy (non-hydrogen) atoms. The Bertz CT molecular complexity index is 715. The standard InChI is InChI=1S/C17H18N2O4/c1-3-18(2)17(20)13-8-6-9-15(11-13)23-12-14-7-4-5-10-16(14)19(21)22/h4-11H,3,12H2,1-2H3. The fraction of sp³-hybridized carbons (Fsp3) is 0.235. The molecule has 0 atom stereocenters. The van der Waals surface area contributed by atoms with Crippen molar-refractivity contribution < 1.29 is 14.5 Å². The van der Waals surface area contributed by atoms with Gasteiger partial charge in [0.2, 0.25) is 0 Å². The first-order chi connectivity index (χ1) is 11.0. The van der Waals surface area contributed by atoms with E-state index in [0.29, 0.717) is 23.4 Å². The van der Waals surface area contributed by atoms with Gasteiger partial charge in [0.15, 0.2) is 0 Å². The van der Waals surface area contributed by atoms with E-state index in [1.807, 2.05) is 6.92 Å². The highest BCUT2D eigenvalue weighted by Gasteiger charge is 2.14. The average Bonchev–Trinajstić information content (AvgIpc) is 2.59. The summed E-state index contributed by atoms with van der Waals surface area (Å²) in [4.78, 5) is 24.3. The van der Waals surface area contributed by atoms with E-state index in [9.17, 15) is 14.9 Å². The summed E-state index contributed by atoms with van der Waals surface area (Å²) in [6.07, 6.45) is 0. The van der Waals surface area contributed by atoms with Crippen molar-refractivity contribution in [3.63, 3.8) is 0 Å². The normalized spacial score (nSPS) is 10.2. The SMILES string of the molecule is CCN(C)C(=O)c1cccc(OCc2ccccc2[N+](=O)[O-])c1. The van der Waals surface area contributed by atoms with Crippen LogP contribution in [-0.4, -0.2) is 29.3 Å². The lowest BCUT2D eigenvalue weighted by Crippen LogP contribution is -2.26. The van der Waals surface area contributed by atoms with Crippen molar-refractivity contribution in [2.45, 2.75) is 13.5 Å². The molecule has 0 aliphatic heterocycles. The van der Waals surface area contributed by atoms with Crippen molar-refractivity contribution in [2.75, 3.05) is 13.6 Å². The van der Waals surface area contributed by atoms with Crippen molar-refractivity contribution in [1.29, 1.82) is 0 Å². The van der Waals surface area contributed by atoms with Gasteiger partial charge in [-0.2, -0.15) is 0 Å². The van der Waals surface area contributed by atoms with Crippen molar-refractivity contribution >= 4 is 11.6 Å². The molecule has 2 rings (SSSR count). The van der Waals surface area contributed by atoms with Crippen LogP contribution in [0, 0.1) is 10.1 Å². The van der Waals surface area contributed by atoms with Crippen LogP contribution in [0.3, 0.4) is 0 Å². The molecule has 0 aliphatic carbocycles. The molecule has 0 aromatic heterocycles. The number of carbonyl (C=O) groups is 1. The van der Waals surface area contributed by atoms with Gasteiger partial charge in [-0.05, 0) is 31.2 Å². The van der Waals surface area contributed by atoms with Crippen molar-refractivity contribution in [2.24, 2.45) is 0 Å². The van der Waals surface area contributed by atoms with Gasteiger partial charge in [0.25, 0.3) is 11.6 Å². The van der Waals surface area contributed by atoms with E-state index in [-0.39, 0.29) is 18.2 Å². The summed E-state index contributed by atoms with van der Waals surface area (Å²) in [6, 6.07) is 13.2. The zero-order valence-electron chi connectivity index (χ0n) is 13.1. The highest BCUT2D eigenvalue weighted by molar-refractivity contribution is 5.94. The number of amides is 1. The lowest BCUT2D eigenvalue weighted by Gasteiger charge is -2.15. The van der Waals surface area contributed by atoms with Crippen molar-refractivity contribution in [1.82, 2.24) is 4.90 Å². The maximum Gasteiger partial charge on any atom is 0.276 e. The molecule has 2 aromatic carbocycles. The summed E-state index contributed by atoms with van der Waals surface area (Å²) in [5, 5.41) is 11.0. The highest BCUT2D eigenvalue weighted by atomic mass is 16.6. The second-order valence-corrected chi connectivity index (χ2v) is 5.02. The van der Waals surface area contributed by atoms with Gasteiger partial charge in [-0.25, -0.2) is 0 Å². The van der Waals surface area contributed by atoms with E-state index >= 15 is 0 Å². The summed E-state index contributed by atoms with van der Waals surface area (Å²) < 4.78 is 5.61. The van der Waals surface area contributed by atoms with Gasteiger partial charge in [-0.1, -0.05) is 18.2 Å². The molecule has 0 spiro atoms. The second kappa shape index (κ2) is 7.40. The monoisotopic (exact) mass is 314 g/mol. The lowest BCUT2D eigenvalue weighted by atomic mass is 10.2. The van der Waals surface area contributed by atoms with E-state index in [2.05, 4.69) is 0 Å². The van der Waals surface area contributed by atoms with Crippen molar-refractivity contribution in [3.8, 4) is 5.75 Å². The molecule has 2 aromatic rings. The van der Waals surface area contributed by atoms with Gasteiger partial charge in [-0.3, -0.25) is 14.9 Å². The summed E-state index contributed by atoms with van der Waals surface area (Å²) in [5.41, 5.74) is 1.03. The molecule has 0 saturated carbocycles. The van der Waals surface area contributed by atoms with E-state index in [1.54, 1.807) is 54.4 Å². The topological polar surface area (TPSA) is 72.7 Å². The first-order valence-corrected chi connectivity index (χ1v) is 7.23. The summed E-state index contributed by atoms with van der Waals surface area (Å²) in [5.74, 6) is 0.405. The zero-order valence-corrected chi connectivity index (χ0v) is 13.1. The second-order valence-electron chi connectivity index (χ2n) is 5.02. The number of nitro groups is 1. The smallest absolute Gasteiger partial charge is 0.276 e. The molecular formula is C17H18N2O4. The summed E-state index contributed by atoms with van der Waals surface area (Å²) in [7, 11) is 1.73. The molecule has 0 saturated heterocycles. The Labute approximate surface area is 134 Å². The molecular weight excluding hydrogens is 296 g/mol. The maximum atomic E-state index is 12.1. The number of hydrogen-bond donors (Lipinski definition) is 0.